The van der Waals surface area contributed by atoms with Crippen molar-refractivity contribution < 1.29 is 18.8 Å². The second kappa shape index (κ2) is 7.53. The molecule has 136 valence electrons. The van der Waals surface area contributed by atoms with Gasteiger partial charge in [0, 0.05) is 5.02 Å². The number of quaternary nitrogens is 1. The van der Waals surface area contributed by atoms with Crippen LogP contribution in [0.25, 0.3) is 5.70 Å². The summed E-state index contributed by atoms with van der Waals surface area (Å²) in [5.41, 5.74) is 5.09. The van der Waals surface area contributed by atoms with Gasteiger partial charge in [-0.2, -0.15) is 0 Å². The number of nitrogens with one attached hydrogen (secondary N) is 2. The van der Waals surface area contributed by atoms with E-state index in [4.69, 9.17) is 20.8 Å². The number of hydrogen-bond donors (Lipinski definition) is 2. The maximum Gasteiger partial charge on any atom is 0.297 e. The number of halogens is 1. The molecule has 0 bridgehead atoms. The Hall–Kier alpha value is -2.28. The molecule has 26 heavy (non-hydrogen) atoms. The van der Waals surface area contributed by atoms with Crippen molar-refractivity contribution in [3.05, 3.63) is 65.1 Å². The first-order valence-electron chi connectivity index (χ1n) is 8.72. The normalized spacial score (nSPS) is 20.7. The highest BCUT2D eigenvalue weighted by Crippen LogP contribution is 2.31. The molecule has 0 spiro atoms. The fourth-order valence-electron chi connectivity index (χ4n) is 3.28. The third-order valence-corrected chi connectivity index (χ3v) is 4.96. The Bertz CT molecular complexity index is 783. The Kier molecular flexibility index (Phi) is 4.97. The van der Waals surface area contributed by atoms with Gasteiger partial charge < -0.3 is 14.1 Å². The van der Waals surface area contributed by atoms with Gasteiger partial charge in [-0.15, -0.1) is 0 Å². The van der Waals surface area contributed by atoms with Crippen LogP contribution in [0.2, 0.25) is 5.02 Å². The number of morpholine rings is 1. The molecule has 2 N–H and O–H groups in total. The molecule has 1 fully saturated rings. The molecular weight excluding hydrogens is 354 g/mol. The van der Waals surface area contributed by atoms with E-state index in [0.29, 0.717) is 24.8 Å². The molecular formula is C19H21ClN3O3+. The van der Waals surface area contributed by atoms with Crippen molar-refractivity contribution in [1.29, 1.82) is 0 Å². The molecule has 1 aromatic heterocycles. The Balaban J connectivity index is 1.55. The lowest BCUT2D eigenvalue weighted by Gasteiger charge is -2.28. The SMILES string of the molecule is O=C(C[NH+]1CCOCC1)N1NC(c2ccc(Cl)cc2)=C[C@H]1c1ccco1. The zero-order valence-electron chi connectivity index (χ0n) is 14.3. The number of ether oxygens (including phenoxy) is 1. The Morgan fingerprint density at radius 2 is 2.00 bits per heavy atom. The largest absolute Gasteiger partial charge is 0.467 e. The summed E-state index contributed by atoms with van der Waals surface area (Å²) in [6.45, 7) is 3.53. The lowest BCUT2D eigenvalue weighted by Crippen LogP contribution is -3.15. The van der Waals surface area contributed by atoms with E-state index in [1.54, 1.807) is 11.3 Å². The van der Waals surface area contributed by atoms with E-state index in [2.05, 4.69) is 5.43 Å². The van der Waals surface area contributed by atoms with Gasteiger partial charge in [-0.1, -0.05) is 23.7 Å². The number of amides is 1. The molecule has 3 heterocycles. The van der Waals surface area contributed by atoms with Gasteiger partial charge in [-0.25, -0.2) is 5.01 Å². The fourth-order valence-corrected chi connectivity index (χ4v) is 3.41. The molecule has 6 nitrogen and oxygen atoms in total. The van der Waals surface area contributed by atoms with Crippen LogP contribution in [-0.2, 0) is 9.53 Å². The smallest absolute Gasteiger partial charge is 0.297 e. The quantitative estimate of drug-likeness (QED) is 0.846. The van der Waals surface area contributed by atoms with Gasteiger partial charge >= 0.3 is 0 Å². The van der Waals surface area contributed by atoms with Crippen LogP contribution in [0.15, 0.2) is 53.2 Å². The van der Waals surface area contributed by atoms with E-state index < -0.39 is 0 Å². The maximum atomic E-state index is 13.0. The van der Waals surface area contributed by atoms with Gasteiger partial charge in [0.05, 0.1) is 25.2 Å². The van der Waals surface area contributed by atoms with E-state index in [9.17, 15) is 4.79 Å². The van der Waals surface area contributed by atoms with Crippen molar-refractivity contribution in [2.75, 3.05) is 32.8 Å². The number of carbonyl (C=O) groups excluding carboxylic acids is 1. The maximum absolute atomic E-state index is 13.0. The van der Waals surface area contributed by atoms with Crippen LogP contribution in [-0.4, -0.2) is 43.8 Å². The van der Waals surface area contributed by atoms with E-state index in [-0.39, 0.29) is 11.9 Å². The summed E-state index contributed by atoms with van der Waals surface area (Å²) in [6.07, 6.45) is 3.63. The summed E-state index contributed by atoms with van der Waals surface area (Å²) >= 11 is 5.98. The van der Waals surface area contributed by atoms with Gasteiger partial charge in [0.15, 0.2) is 6.54 Å². The molecule has 2 aromatic rings. The number of rotatable bonds is 4. The predicted octanol–water partition coefficient (Wildman–Crippen LogP) is 1.28. The number of hydrogen-bond acceptors (Lipinski definition) is 4. The van der Waals surface area contributed by atoms with Crippen molar-refractivity contribution in [3.63, 3.8) is 0 Å². The summed E-state index contributed by atoms with van der Waals surface area (Å²) in [5.74, 6) is 0.760. The number of benzene rings is 1. The van der Waals surface area contributed by atoms with Crippen LogP contribution in [0.4, 0.5) is 0 Å². The van der Waals surface area contributed by atoms with Crippen molar-refractivity contribution in [2.45, 2.75) is 6.04 Å². The molecule has 0 radical (unpaired) electrons. The average Bonchev–Trinajstić information content (AvgIpc) is 3.33. The van der Waals surface area contributed by atoms with Gasteiger partial charge in [-0.3, -0.25) is 10.2 Å². The standard InChI is InChI=1S/C19H20ClN3O3/c20-15-5-3-14(4-6-15)16-12-17(18-2-1-9-26-18)23(21-16)19(24)13-22-7-10-25-11-8-22/h1-6,9,12,17,21H,7-8,10-11,13H2/p+1/t17-/m0/s1. The second-order valence-electron chi connectivity index (χ2n) is 6.46. The van der Waals surface area contributed by atoms with Crippen LogP contribution >= 0.6 is 11.6 Å². The van der Waals surface area contributed by atoms with Gasteiger partial charge in [-0.05, 0) is 35.9 Å². The minimum atomic E-state index is -0.274. The number of furan rings is 1. The molecule has 2 aliphatic heterocycles. The first-order chi connectivity index (χ1) is 12.7. The number of hydrazine groups is 1. The van der Waals surface area contributed by atoms with Crippen molar-refractivity contribution in [1.82, 2.24) is 10.4 Å². The molecule has 2 aliphatic rings. The molecule has 0 saturated carbocycles. The second-order valence-corrected chi connectivity index (χ2v) is 6.90. The third-order valence-electron chi connectivity index (χ3n) is 4.70. The molecule has 4 rings (SSSR count). The lowest BCUT2D eigenvalue weighted by molar-refractivity contribution is -0.900. The van der Waals surface area contributed by atoms with Crippen LogP contribution in [0.3, 0.4) is 0 Å². The van der Waals surface area contributed by atoms with Crippen LogP contribution in [0, 0.1) is 0 Å². The van der Waals surface area contributed by atoms with Crippen molar-refractivity contribution in [2.24, 2.45) is 0 Å². The number of carbonyl (C=O) groups is 1. The molecule has 7 heteroatoms. The first-order valence-corrected chi connectivity index (χ1v) is 9.10. The lowest BCUT2D eigenvalue weighted by atomic mass is 10.1. The molecule has 1 atom stereocenters. The highest BCUT2D eigenvalue weighted by atomic mass is 35.5. The summed E-state index contributed by atoms with van der Waals surface area (Å²) in [7, 11) is 0. The molecule has 1 aromatic carbocycles. The van der Waals surface area contributed by atoms with E-state index >= 15 is 0 Å². The van der Waals surface area contributed by atoms with E-state index in [0.717, 1.165) is 30.1 Å². The van der Waals surface area contributed by atoms with Gasteiger partial charge in [0.25, 0.3) is 5.91 Å². The predicted molar refractivity (Wildman–Crippen MR) is 97.2 cm³/mol. The van der Waals surface area contributed by atoms with Crippen LogP contribution in [0.1, 0.15) is 17.4 Å². The first kappa shape index (κ1) is 17.1. The molecule has 0 aliphatic carbocycles. The minimum Gasteiger partial charge on any atom is -0.467 e. The van der Waals surface area contributed by atoms with E-state index in [1.165, 1.54) is 4.90 Å². The highest BCUT2D eigenvalue weighted by molar-refractivity contribution is 6.30. The molecule has 1 amide bonds. The van der Waals surface area contributed by atoms with Gasteiger partial charge in [0.1, 0.15) is 24.9 Å². The summed E-state index contributed by atoms with van der Waals surface area (Å²) in [5, 5.41) is 2.34. The third kappa shape index (κ3) is 3.62. The van der Waals surface area contributed by atoms with Gasteiger partial charge in [0.2, 0.25) is 0 Å². The Labute approximate surface area is 156 Å². The fraction of sp³-hybridized carbons (Fsp3) is 0.316. The van der Waals surface area contributed by atoms with Crippen molar-refractivity contribution in [3.8, 4) is 0 Å². The summed E-state index contributed by atoms with van der Waals surface area (Å²) < 4.78 is 10.9. The summed E-state index contributed by atoms with van der Waals surface area (Å²) in [6, 6.07) is 11.0. The summed E-state index contributed by atoms with van der Waals surface area (Å²) in [4.78, 5) is 14.2. The van der Waals surface area contributed by atoms with Crippen molar-refractivity contribution >= 4 is 23.2 Å². The zero-order chi connectivity index (χ0) is 17.9. The minimum absolute atomic E-state index is 0.0310. The van der Waals surface area contributed by atoms with E-state index in [1.807, 2.05) is 42.5 Å². The Morgan fingerprint density at radius 1 is 1.23 bits per heavy atom. The molecule has 0 unspecified atom stereocenters. The van der Waals surface area contributed by atoms with Crippen LogP contribution in [0.5, 0.6) is 0 Å². The average molecular weight is 375 g/mol. The molecule has 1 saturated heterocycles. The monoisotopic (exact) mass is 374 g/mol. The zero-order valence-corrected chi connectivity index (χ0v) is 15.0. The Morgan fingerprint density at radius 3 is 2.69 bits per heavy atom. The van der Waals surface area contributed by atoms with Crippen LogP contribution < -0.4 is 10.3 Å². The topological polar surface area (TPSA) is 59.2 Å². The highest BCUT2D eigenvalue weighted by Gasteiger charge is 2.34. The number of nitrogens with zero attached hydrogens (tertiary/aromatic N) is 1.